The Bertz CT molecular complexity index is 610. The molecule has 0 bridgehead atoms. The highest BCUT2D eigenvalue weighted by atomic mass is 16.5. The Labute approximate surface area is 171 Å². The summed E-state index contributed by atoms with van der Waals surface area (Å²) >= 11 is 0. The minimum atomic E-state index is 0.616. The molecule has 2 saturated heterocycles. The van der Waals surface area contributed by atoms with E-state index in [1.165, 1.54) is 36.9 Å². The fourth-order valence-electron chi connectivity index (χ4n) is 4.21. The van der Waals surface area contributed by atoms with Crippen LogP contribution in [0.25, 0.3) is 0 Å². The standard InChI is InChI=1S/C23H38N4O/c1-4-24-23(26(3)16-22-12-14-28-18-22)25-15-20-8-10-21(11-9-20)17-27-13-6-5-7-19(27)2/h8-11,19,22H,4-7,12-18H2,1-3H3,(H,24,25). The van der Waals surface area contributed by atoms with Crippen LogP contribution in [0.15, 0.2) is 29.3 Å². The number of nitrogens with zero attached hydrogens (tertiary/aromatic N) is 3. The Kier molecular flexibility index (Phi) is 8.16. The van der Waals surface area contributed by atoms with Gasteiger partial charge in [0.25, 0.3) is 0 Å². The lowest BCUT2D eigenvalue weighted by atomic mass is 10.0. The minimum Gasteiger partial charge on any atom is -0.381 e. The number of aliphatic imine (C=N–C) groups is 1. The zero-order valence-electron chi connectivity index (χ0n) is 18.0. The number of ether oxygens (including phenoxy) is 1. The van der Waals surface area contributed by atoms with Gasteiger partial charge in [-0.05, 0) is 50.8 Å². The lowest BCUT2D eigenvalue weighted by Crippen LogP contribution is -2.41. The van der Waals surface area contributed by atoms with Gasteiger partial charge in [-0.2, -0.15) is 0 Å². The quantitative estimate of drug-likeness (QED) is 0.575. The van der Waals surface area contributed by atoms with Gasteiger partial charge in [-0.3, -0.25) is 4.90 Å². The summed E-state index contributed by atoms with van der Waals surface area (Å²) in [6.45, 7) is 11.2. The molecule has 0 radical (unpaired) electrons. The zero-order chi connectivity index (χ0) is 19.8. The first-order valence-electron chi connectivity index (χ1n) is 11.0. The smallest absolute Gasteiger partial charge is 0.193 e. The number of rotatable bonds is 7. The first-order chi connectivity index (χ1) is 13.7. The summed E-state index contributed by atoms with van der Waals surface area (Å²) in [6, 6.07) is 9.74. The third kappa shape index (κ3) is 6.21. The molecule has 2 aliphatic heterocycles. The van der Waals surface area contributed by atoms with Gasteiger partial charge in [0.05, 0.1) is 13.2 Å². The van der Waals surface area contributed by atoms with Crippen LogP contribution in [-0.4, -0.2) is 61.7 Å². The van der Waals surface area contributed by atoms with E-state index in [0.29, 0.717) is 18.5 Å². The van der Waals surface area contributed by atoms with Gasteiger partial charge in [-0.1, -0.05) is 30.7 Å². The predicted octanol–water partition coefficient (Wildman–Crippen LogP) is 3.49. The van der Waals surface area contributed by atoms with Crippen molar-refractivity contribution in [3.63, 3.8) is 0 Å². The van der Waals surface area contributed by atoms with Crippen LogP contribution < -0.4 is 5.32 Å². The second-order valence-electron chi connectivity index (χ2n) is 8.41. The van der Waals surface area contributed by atoms with Crippen molar-refractivity contribution in [2.45, 2.75) is 58.7 Å². The minimum absolute atomic E-state index is 0.616. The Morgan fingerprint density at radius 1 is 1.21 bits per heavy atom. The van der Waals surface area contributed by atoms with Crippen LogP contribution in [0.5, 0.6) is 0 Å². The molecule has 156 valence electrons. The highest BCUT2D eigenvalue weighted by Gasteiger charge is 2.19. The van der Waals surface area contributed by atoms with Crippen molar-refractivity contribution in [2.24, 2.45) is 10.9 Å². The Balaban J connectivity index is 1.54. The monoisotopic (exact) mass is 386 g/mol. The molecule has 1 aromatic carbocycles. The average Bonchev–Trinajstić information content (AvgIpc) is 3.21. The zero-order valence-corrected chi connectivity index (χ0v) is 18.0. The topological polar surface area (TPSA) is 40.1 Å². The first kappa shape index (κ1) is 21.1. The van der Waals surface area contributed by atoms with E-state index in [-0.39, 0.29) is 0 Å². The van der Waals surface area contributed by atoms with E-state index in [1.54, 1.807) is 0 Å². The SMILES string of the molecule is CCNC(=NCc1ccc(CN2CCCCC2C)cc1)N(C)CC1CCOC1. The van der Waals surface area contributed by atoms with Crippen LogP contribution in [0.3, 0.4) is 0 Å². The summed E-state index contributed by atoms with van der Waals surface area (Å²) < 4.78 is 5.51. The summed E-state index contributed by atoms with van der Waals surface area (Å²) in [7, 11) is 2.13. The van der Waals surface area contributed by atoms with Gasteiger partial charge < -0.3 is 15.0 Å². The van der Waals surface area contributed by atoms with Gasteiger partial charge in [0.15, 0.2) is 5.96 Å². The van der Waals surface area contributed by atoms with Crippen molar-refractivity contribution >= 4 is 5.96 Å². The van der Waals surface area contributed by atoms with E-state index in [1.807, 2.05) is 0 Å². The van der Waals surface area contributed by atoms with Gasteiger partial charge in [-0.15, -0.1) is 0 Å². The molecule has 1 N–H and O–H groups in total. The molecule has 0 saturated carbocycles. The molecule has 5 heteroatoms. The fraction of sp³-hybridized carbons (Fsp3) is 0.696. The molecule has 5 nitrogen and oxygen atoms in total. The number of piperidine rings is 1. The molecule has 28 heavy (non-hydrogen) atoms. The van der Waals surface area contributed by atoms with Gasteiger partial charge in [-0.25, -0.2) is 4.99 Å². The maximum atomic E-state index is 5.51. The number of likely N-dealkylation sites (tertiary alicyclic amines) is 1. The highest BCUT2D eigenvalue weighted by molar-refractivity contribution is 5.79. The molecular weight excluding hydrogens is 348 g/mol. The number of hydrogen-bond acceptors (Lipinski definition) is 3. The van der Waals surface area contributed by atoms with E-state index < -0.39 is 0 Å². The lowest BCUT2D eigenvalue weighted by Gasteiger charge is -2.33. The van der Waals surface area contributed by atoms with Crippen molar-refractivity contribution in [1.29, 1.82) is 0 Å². The molecule has 2 unspecified atom stereocenters. The average molecular weight is 387 g/mol. The molecular formula is C23H38N4O. The Morgan fingerprint density at radius 3 is 2.68 bits per heavy atom. The van der Waals surface area contributed by atoms with Crippen molar-refractivity contribution in [2.75, 3.05) is 39.9 Å². The first-order valence-corrected chi connectivity index (χ1v) is 11.0. The van der Waals surface area contributed by atoms with Crippen LogP contribution in [0, 0.1) is 5.92 Å². The van der Waals surface area contributed by atoms with Gasteiger partial charge in [0.1, 0.15) is 0 Å². The number of benzene rings is 1. The molecule has 2 heterocycles. The lowest BCUT2D eigenvalue weighted by molar-refractivity contribution is 0.152. The van der Waals surface area contributed by atoms with E-state index in [0.717, 1.165) is 45.2 Å². The van der Waals surface area contributed by atoms with Crippen LogP contribution >= 0.6 is 0 Å². The van der Waals surface area contributed by atoms with Gasteiger partial charge in [0.2, 0.25) is 0 Å². The molecule has 2 fully saturated rings. The summed E-state index contributed by atoms with van der Waals surface area (Å²) in [6.07, 6.45) is 5.21. The third-order valence-electron chi connectivity index (χ3n) is 6.01. The van der Waals surface area contributed by atoms with Crippen LogP contribution in [-0.2, 0) is 17.8 Å². The predicted molar refractivity (Wildman–Crippen MR) is 117 cm³/mol. The molecule has 2 atom stereocenters. The third-order valence-corrected chi connectivity index (χ3v) is 6.01. The van der Waals surface area contributed by atoms with Crippen LogP contribution in [0.2, 0.25) is 0 Å². The molecule has 0 spiro atoms. The molecule has 3 rings (SSSR count). The van der Waals surface area contributed by atoms with Crippen molar-refractivity contribution in [1.82, 2.24) is 15.1 Å². The maximum absolute atomic E-state index is 5.51. The Morgan fingerprint density at radius 2 is 2.00 bits per heavy atom. The van der Waals surface area contributed by atoms with Crippen molar-refractivity contribution < 1.29 is 4.74 Å². The normalized spacial score (nSPS) is 23.8. The van der Waals surface area contributed by atoms with Gasteiger partial charge >= 0.3 is 0 Å². The molecule has 2 aliphatic rings. The summed E-state index contributed by atoms with van der Waals surface area (Å²) in [4.78, 5) is 9.72. The van der Waals surface area contributed by atoms with Crippen LogP contribution in [0.4, 0.5) is 0 Å². The molecule has 0 aromatic heterocycles. The largest absolute Gasteiger partial charge is 0.381 e. The number of hydrogen-bond donors (Lipinski definition) is 1. The van der Waals surface area contributed by atoms with Crippen LogP contribution in [0.1, 0.15) is 50.7 Å². The number of guanidine groups is 1. The summed E-state index contributed by atoms with van der Waals surface area (Å²) in [5.74, 6) is 1.60. The van der Waals surface area contributed by atoms with Gasteiger partial charge in [0, 0.05) is 45.2 Å². The maximum Gasteiger partial charge on any atom is 0.193 e. The number of nitrogens with one attached hydrogen (secondary N) is 1. The van der Waals surface area contributed by atoms with Crippen molar-refractivity contribution in [3.05, 3.63) is 35.4 Å². The van der Waals surface area contributed by atoms with E-state index in [4.69, 9.17) is 9.73 Å². The summed E-state index contributed by atoms with van der Waals surface area (Å²) in [5.41, 5.74) is 2.68. The highest BCUT2D eigenvalue weighted by Crippen LogP contribution is 2.19. The van der Waals surface area contributed by atoms with E-state index in [9.17, 15) is 0 Å². The summed E-state index contributed by atoms with van der Waals surface area (Å²) in [5, 5.41) is 3.43. The second kappa shape index (κ2) is 10.8. The van der Waals surface area contributed by atoms with E-state index >= 15 is 0 Å². The second-order valence-corrected chi connectivity index (χ2v) is 8.41. The fourth-order valence-corrected chi connectivity index (χ4v) is 4.21. The van der Waals surface area contributed by atoms with E-state index in [2.05, 4.69) is 60.3 Å². The molecule has 0 amide bonds. The molecule has 1 aromatic rings. The Hall–Kier alpha value is -1.59. The molecule has 0 aliphatic carbocycles. The van der Waals surface area contributed by atoms with Crippen molar-refractivity contribution in [3.8, 4) is 0 Å².